The molecule has 160 valence electrons. The van der Waals surface area contributed by atoms with Crippen LogP contribution in [0.3, 0.4) is 0 Å². The van der Waals surface area contributed by atoms with Gasteiger partial charge in [-0.25, -0.2) is 0 Å². The van der Waals surface area contributed by atoms with E-state index >= 15 is 0 Å². The lowest BCUT2D eigenvalue weighted by Crippen LogP contribution is -2.48. The number of hydrogen-bond donors (Lipinski definition) is 0. The van der Waals surface area contributed by atoms with E-state index in [0.717, 1.165) is 17.6 Å². The first kappa shape index (κ1) is 21.6. The van der Waals surface area contributed by atoms with Crippen LogP contribution in [0.15, 0.2) is 84.9 Å². The summed E-state index contributed by atoms with van der Waals surface area (Å²) in [6.45, 7) is 9.35. The molecule has 1 nitrogen and oxygen atoms in total. The lowest BCUT2D eigenvalue weighted by atomic mass is 10.0. The third kappa shape index (κ3) is 5.35. The first-order valence-electron chi connectivity index (χ1n) is 12.0. The van der Waals surface area contributed by atoms with Gasteiger partial charge in [-0.15, -0.1) is 0 Å². The van der Waals surface area contributed by atoms with Crippen LogP contribution in [0.5, 0.6) is 0 Å². The van der Waals surface area contributed by atoms with E-state index in [0.29, 0.717) is 0 Å². The summed E-state index contributed by atoms with van der Waals surface area (Å²) in [7, 11) is 0. The summed E-state index contributed by atoms with van der Waals surface area (Å²) in [4.78, 5) is 0. The molecule has 31 heavy (non-hydrogen) atoms. The van der Waals surface area contributed by atoms with Gasteiger partial charge in [-0.1, -0.05) is 99.5 Å². The minimum absolute atomic E-state index is 1.11. The number of nitrogens with zero attached hydrogens (tertiary/aromatic N) is 1. The lowest BCUT2D eigenvalue weighted by Gasteiger charge is -2.39. The molecule has 0 aliphatic heterocycles. The van der Waals surface area contributed by atoms with Gasteiger partial charge in [0.25, 0.3) is 0 Å². The van der Waals surface area contributed by atoms with Crippen LogP contribution in [-0.4, -0.2) is 17.6 Å². The van der Waals surface area contributed by atoms with Gasteiger partial charge < -0.3 is 4.48 Å². The molecular formula is C30H36N+. The van der Waals surface area contributed by atoms with E-state index in [2.05, 4.69) is 98.8 Å². The maximum atomic E-state index is 2.42. The van der Waals surface area contributed by atoms with E-state index in [1.54, 1.807) is 0 Å². The van der Waals surface area contributed by atoms with Gasteiger partial charge in [-0.3, -0.25) is 0 Å². The van der Waals surface area contributed by atoms with E-state index in [1.165, 1.54) is 71.4 Å². The second kappa shape index (κ2) is 10.1. The minimum atomic E-state index is 1.11. The van der Waals surface area contributed by atoms with Gasteiger partial charge >= 0.3 is 0 Å². The van der Waals surface area contributed by atoms with Crippen molar-refractivity contribution in [2.45, 2.75) is 52.6 Å². The van der Waals surface area contributed by atoms with E-state index < -0.39 is 0 Å². The zero-order valence-corrected chi connectivity index (χ0v) is 19.2. The summed E-state index contributed by atoms with van der Waals surface area (Å²) >= 11 is 0. The molecule has 0 spiro atoms. The molecule has 0 unspecified atom stereocenters. The Morgan fingerprint density at radius 2 is 0.935 bits per heavy atom. The fraction of sp³-hybridized carbons (Fsp3) is 0.333. The smallest absolute Gasteiger partial charge is 0.105 e. The van der Waals surface area contributed by atoms with Gasteiger partial charge in [-0.05, 0) is 46.5 Å². The van der Waals surface area contributed by atoms with Gasteiger partial charge in [0.1, 0.15) is 13.1 Å². The van der Waals surface area contributed by atoms with E-state index in [1.807, 2.05) is 0 Å². The van der Waals surface area contributed by atoms with Crippen molar-refractivity contribution >= 4 is 21.5 Å². The molecule has 0 aliphatic rings. The summed E-state index contributed by atoms with van der Waals surface area (Å²) in [5, 5.41) is 5.38. The molecule has 0 aliphatic carbocycles. The molecule has 0 radical (unpaired) electrons. The average Bonchev–Trinajstić information content (AvgIpc) is 2.81. The van der Waals surface area contributed by atoms with Crippen LogP contribution >= 0.6 is 0 Å². The topological polar surface area (TPSA) is 0 Å². The first-order chi connectivity index (χ1) is 15.2. The fourth-order valence-electron chi connectivity index (χ4n) is 4.92. The van der Waals surface area contributed by atoms with Crippen LogP contribution in [0.25, 0.3) is 21.5 Å². The summed E-state index contributed by atoms with van der Waals surface area (Å²) < 4.78 is 1.15. The van der Waals surface area contributed by atoms with E-state index in [-0.39, 0.29) is 0 Å². The van der Waals surface area contributed by atoms with Crippen molar-refractivity contribution in [3.05, 3.63) is 96.1 Å². The molecule has 4 aromatic carbocycles. The Bertz CT molecular complexity index is 1040. The highest BCUT2D eigenvalue weighted by molar-refractivity contribution is 5.83. The molecule has 4 aromatic rings. The van der Waals surface area contributed by atoms with Crippen LogP contribution in [0.4, 0.5) is 0 Å². The van der Waals surface area contributed by atoms with Gasteiger partial charge in [0.05, 0.1) is 13.1 Å². The number of unbranched alkanes of at least 4 members (excludes halogenated alkanes) is 2. The molecule has 0 fully saturated rings. The molecular weight excluding hydrogens is 374 g/mol. The monoisotopic (exact) mass is 410 g/mol. The Morgan fingerprint density at radius 1 is 0.516 bits per heavy atom. The molecule has 0 atom stereocenters. The maximum Gasteiger partial charge on any atom is 0.105 e. The van der Waals surface area contributed by atoms with Crippen molar-refractivity contribution in [3.63, 3.8) is 0 Å². The van der Waals surface area contributed by atoms with Gasteiger partial charge in [0, 0.05) is 11.1 Å². The quantitative estimate of drug-likeness (QED) is 0.232. The lowest BCUT2D eigenvalue weighted by molar-refractivity contribution is -0.954. The summed E-state index contributed by atoms with van der Waals surface area (Å²) in [6.07, 6.45) is 5.07. The summed E-state index contributed by atoms with van der Waals surface area (Å²) in [5.41, 5.74) is 2.93. The number of quaternary nitrogens is 1. The second-order valence-corrected chi connectivity index (χ2v) is 9.18. The fourth-order valence-corrected chi connectivity index (χ4v) is 4.92. The zero-order valence-electron chi connectivity index (χ0n) is 19.2. The highest BCUT2D eigenvalue weighted by Gasteiger charge is 2.27. The second-order valence-electron chi connectivity index (χ2n) is 9.18. The number of hydrogen-bond acceptors (Lipinski definition) is 0. The third-order valence-corrected chi connectivity index (χ3v) is 6.64. The van der Waals surface area contributed by atoms with Gasteiger partial charge in [-0.2, -0.15) is 0 Å². The molecule has 4 rings (SSSR count). The average molecular weight is 411 g/mol. The van der Waals surface area contributed by atoms with Crippen LogP contribution in [-0.2, 0) is 13.1 Å². The predicted molar refractivity (Wildman–Crippen MR) is 135 cm³/mol. The number of fused-ring (bicyclic) bond motifs is 2. The Hall–Kier alpha value is -2.64. The molecule has 0 amide bonds. The Labute approximate surface area is 187 Å². The highest BCUT2D eigenvalue weighted by Crippen LogP contribution is 2.26. The summed E-state index contributed by atoms with van der Waals surface area (Å²) in [6, 6.07) is 31.6. The van der Waals surface area contributed by atoms with Crippen LogP contribution in [0.2, 0.25) is 0 Å². The van der Waals surface area contributed by atoms with Crippen LogP contribution in [0.1, 0.15) is 50.7 Å². The molecule has 0 N–H and O–H groups in total. The zero-order chi connectivity index (χ0) is 21.5. The predicted octanol–water partition coefficient (Wildman–Crippen LogP) is 8.11. The standard InChI is InChI=1S/C30H36N/c1-3-5-19-31(20-6-4-2,23-25-15-17-27-11-7-9-13-29(27)21-25)24-26-16-18-28-12-8-10-14-30(28)22-26/h7-18,21-22H,3-6,19-20,23-24H2,1-2H3/q+1. The van der Waals surface area contributed by atoms with E-state index in [4.69, 9.17) is 0 Å². The Balaban J connectivity index is 1.68. The molecule has 0 heterocycles. The number of rotatable bonds is 10. The Kier molecular flexibility index (Phi) is 7.04. The third-order valence-electron chi connectivity index (χ3n) is 6.64. The highest BCUT2D eigenvalue weighted by atomic mass is 15.3. The minimum Gasteiger partial charge on any atom is -0.316 e. The molecule has 0 saturated carbocycles. The molecule has 0 saturated heterocycles. The van der Waals surface area contributed by atoms with Crippen molar-refractivity contribution in [3.8, 4) is 0 Å². The van der Waals surface area contributed by atoms with Gasteiger partial charge in [0.2, 0.25) is 0 Å². The number of benzene rings is 4. The SMILES string of the molecule is CCCC[N+](CCCC)(Cc1ccc2ccccc2c1)Cc1ccc2ccccc2c1. The summed E-state index contributed by atoms with van der Waals surface area (Å²) in [5.74, 6) is 0. The maximum absolute atomic E-state index is 2.42. The molecule has 0 aromatic heterocycles. The Morgan fingerprint density at radius 3 is 1.35 bits per heavy atom. The van der Waals surface area contributed by atoms with E-state index in [9.17, 15) is 0 Å². The van der Waals surface area contributed by atoms with Crippen LogP contribution in [0, 0.1) is 0 Å². The van der Waals surface area contributed by atoms with Crippen molar-refractivity contribution in [1.29, 1.82) is 0 Å². The molecule has 1 heteroatoms. The molecule has 0 bridgehead atoms. The van der Waals surface area contributed by atoms with Crippen LogP contribution < -0.4 is 0 Å². The van der Waals surface area contributed by atoms with Crippen molar-refractivity contribution in [2.75, 3.05) is 13.1 Å². The van der Waals surface area contributed by atoms with Gasteiger partial charge in [0.15, 0.2) is 0 Å². The largest absolute Gasteiger partial charge is 0.316 e. The van der Waals surface area contributed by atoms with Crippen molar-refractivity contribution in [2.24, 2.45) is 0 Å². The first-order valence-corrected chi connectivity index (χ1v) is 12.0. The van der Waals surface area contributed by atoms with Crippen molar-refractivity contribution in [1.82, 2.24) is 0 Å². The van der Waals surface area contributed by atoms with Crippen molar-refractivity contribution < 1.29 is 4.48 Å². The normalized spacial score (nSPS) is 11.9.